The molecule has 0 radical (unpaired) electrons. The van der Waals surface area contributed by atoms with Gasteiger partial charge in [0.1, 0.15) is 6.04 Å². The highest BCUT2D eigenvalue weighted by Crippen LogP contribution is 2.25. The summed E-state index contributed by atoms with van der Waals surface area (Å²) in [6.07, 6.45) is 4.84. The average Bonchev–Trinajstić information content (AvgIpc) is 2.90. The van der Waals surface area contributed by atoms with Crippen molar-refractivity contribution in [3.05, 3.63) is 17.5 Å². The minimum absolute atomic E-state index is 0.0515. The molecule has 3 N–H and O–H groups in total. The quantitative estimate of drug-likeness (QED) is 0.756. The van der Waals surface area contributed by atoms with Crippen molar-refractivity contribution in [1.82, 2.24) is 25.7 Å². The van der Waals surface area contributed by atoms with Crippen LogP contribution in [0.2, 0.25) is 0 Å². The summed E-state index contributed by atoms with van der Waals surface area (Å²) in [4.78, 5) is 26.4. The number of carbonyl (C=O) groups excluding carboxylic acids is 2. The number of nitrogens with zero attached hydrogens (tertiary/aromatic N) is 2. The first-order chi connectivity index (χ1) is 11.6. The van der Waals surface area contributed by atoms with Crippen LogP contribution in [0, 0.1) is 6.92 Å². The van der Waals surface area contributed by atoms with Crippen LogP contribution in [0.25, 0.3) is 0 Å². The average molecular weight is 333 g/mol. The zero-order valence-electron chi connectivity index (χ0n) is 14.3. The monoisotopic (exact) mass is 333 g/mol. The molecule has 7 heteroatoms. The Labute approximate surface area is 142 Å². The van der Waals surface area contributed by atoms with E-state index in [1.807, 2.05) is 6.92 Å². The Hall–Kier alpha value is -1.89. The second-order valence-electron chi connectivity index (χ2n) is 6.96. The molecule has 7 nitrogen and oxygen atoms in total. The molecular formula is C17H27N5O2. The second kappa shape index (κ2) is 7.79. The first kappa shape index (κ1) is 17.0. The third-order valence-corrected chi connectivity index (χ3v) is 4.89. The highest BCUT2D eigenvalue weighted by molar-refractivity contribution is 5.88. The molecule has 2 aliphatic heterocycles. The Morgan fingerprint density at radius 1 is 1.38 bits per heavy atom. The summed E-state index contributed by atoms with van der Waals surface area (Å²) in [5.74, 6) is 0.262. The molecule has 0 bridgehead atoms. The molecule has 132 valence electrons. The zero-order chi connectivity index (χ0) is 16.9. The Balaban J connectivity index is 1.51. The molecule has 1 aromatic heterocycles. The molecule has 3 rings (SSSR count). The summed E-state index contributed by atoms with van der Waals surface area (Å²) < 4.78 is 0. The van der Waals surface area contributed by atoms with Crippen LogP contribution >= 0.6 is 0 Å². The number of nitrogens with one attached hydrogen (secondary N) is 3. The van der Waals surface area contributed by atoms with Gasteiger partial charge >= 0.3 is 0 Å². The van der Waals surface area contributed by atoms with E-state index in [9.17, 15) is 9.59 Å². The second-order valence-corrected chi connectivity index (χ2v) is 6.96. The van der Waals surface area contributed by atoms with E-state index in [1.165, 1.54) is 0 Å². The molecule has 2 amide bonds. The highest BCUT2D eigenvalue weighted by atomic mass is 16.2. The summed E-state index contributed by atoms with van der Waals surface area (Å²) in [5, 5.41) is 13.1. The van der Waals surface area contributed by atoms with Crippen molar-refractivity contribution in [2.75, 3.05) is 26.2 Å². The number of hydrogen-bond donors (Lipinski definition) is 3. The Morgan fingerprint density at radius 3 is 3.04 bits per heavy atom. The van der Waals surface area contributed by atoms with Crippen LogP contribution in [-0.2, 0) is 9.59 Å². The largest absolute Gasteiger partial charge is 0.354 e. The van der Waals surface area contributed by atoms with Gasteiger partial charge in [0.25, 0.3) is 0 Å². The molecule has 2 aliphatic rings. The van der Waals surface area contributed by atoms with Gasteiger partial charge < -0.3 is 10.6 Å². The molecule has 2 atom stereocenters. The van der Waals surface area contributed by atoms with Gasteiger partial charge in [0, 0.05) is 24.7 Å². The van der Waals surface area contributed by atoms with Crippen molar-refractivity contribution >= 4 is 11.8 Å². The number of carbonyl (C=O) groups is 2. The lowest BCUT2D eigenvalue weighted by atomic mass is 9.94. The van der Waals surface area contributed by atoms with E-state index in [4.69, 9.17) is 0 Å². The number of aryl methyl sites for hydroxylation is 1. The fourth-order valence-electron chi connectivity index (χ4n) is 3.61. The standard InChI is InChI=1S/C17H27N5O2/c1-12-9-15(21-20-12)13-5-4-8-22(10-13)11-16(23)19-14-6-2-3-7-18-17(14)24/h9,13-14H,2-8,10-11H2,1H3,(H,18,24)(H,19,23)(H,20,21)/t13-,14+/m0/s1. The van der Waals surface area contributed by atoms with Gasteiger partial charge in [-0.1, -0.05) is 0 Å². The molecule has 0 saturated carbocycles. The van der Waals surface area contributed by atoms with E-state index < -0.39 is 0 Å². The number of rotatable bonds is 4. The molecule has 24 heavy (non-hydrogen) atoms. The van der Waals surface area contributed by atoms with Crippen LogP contribution in [0.5, 0.6) is 0 Å². The van der Waals surface area contributed by atoms with Gasteiger partial charge in [-0.15, -0.1) is 0 Å². The van der Waals surface area contributed by atoms with Gasteiger partial charge in [0.05, 0.1) is 12.2 Å². The van der Waals surface area contributed by atoms with Gasteiger partial charge in [-0.05, 0) is 51.6 Å². The number of aromatic amines is 1. The van der Waals surface area contributed by atoms with Crippen molar-refractivity contribution in [2.45, 2.75) is 51.0 Å². The summed E-state index contributed by atoms with van der Waals surface area (Å²) in [7, 11) is 0. The Morgan fingerprint density at radius 2 is 2.25 bits per heavy atom. The SMILES string of the molecule is Cc1cc([C@H]2CCCN(CC(=O)N[C@@H]3CCCCNC3=O)C2)n[nH]1. The van der Waals surface area contributed by atoms with Crippen LogP contribution in [0.1, 0.15) is 49.4 Å². The van der Waals surface area contributed by atoms with Gasteiger partial charge in [0.2, 0.25) is 11.8 Å². The van der Waals surface area contributed by atoms with Crippen molar-refractivity contribution in [3.8, 4) is 0 Å². The van der Waals surface area contributed by atoms with Crippen LogP contribution in [0.15, 0.2) is 6.07 Å². The van der Waals surface area contributed by atoms with Crippen LogP contribution < -0.4 is 10.6 Å². The molecule has 2 fully saturated rings. The molecule has 0 aliphatic carbocycles. The van der Waals surface area contributed by atoms with Crippen molar-refractivity contribution in [3.63, 3.8) is 0 Å². The molecule has 2 saturated heterocycles. The highest BCUT2D eigenvalue weighted by Gasteiger charge is 2.26. The lowest BCUT2D eigenvalue weighted by Gasteiger charge is -2.31. The smallest absolute Gasteiger partial charge is 0.242 e. The van der Waals surface area contributed by atoms with E-state index >= 15 is 0 Å². The fourth-order valence-corrected chi connectivity index (χ4v) is 3.61. The molecule has 1 aromatic rings. The number of amides is 2. The molecule has 0 aromatic carbocycles. The molecule has 0 unspecified atom stereocenters. The first-order valence-corrected chi connectivity index (χ1v) is 8.93. The minimum atomic E-state index is -0.380. The fraction of sp³-hybridized carbons (Fsp3) is 0.706. The maximum absolute atomic E-state index is 12.3. The van der Waals surface area contributed by atoms with Crippen molar-refractivity contribution in [2.24, 2.45) is 0 Å². The number of aromatic nitrogens is 2. The van der Waals surface area contributed by atoms with Gasteiger partial charge in [0.15, 0.2) is 0 Å². The topological polar surface area (TPSA) is 90.1 Å². The van der Waals surface area contributed by atoms with Crippen molar-refractivity contribution in [1.29, 1.82) is 0 Å². The van der Waals surface area contributed by atoms with Gasteiger partial charge in [-0.2, -0.15) is 5.10 Å². The normalized spacial score (nSPS) is 25.8. The van der Waals surface area contributed by atoms with Crippen LogP contribution in [-0.4, -0.2) is 59.1 Å². The summed E-state index contributed by atoms with van der Waals surface area (Å²) in [6.45, 7) is 4.83. The lowest BCUT2D eigenvalue weighted by molar-refractivity contribution is -0.129. The van der Waals surface area contributed by atoms with E-state index in [-0.39, 0.29) is 17.9 Å². The van der Waals surface area contributed by atoms with E-state index in [0.29, 0.717) is 19.0 Å². The number of likely N-dealkylation sites (tertiary alicyclic amines) is 1. The number of piperidine rings is 1. The van der Waals surface area contributed by atoms with Gasteiger partial charge in [-0.25, -0.2) is 0 Å². The maximum atomic E-state index is 12.3. The lowest BCUT2D eigenvalue weighted by Crippen LogP contribution is -2.49. The zero-order valence-corrected chi connectivity index (χ0v) is 14.3. The summed E-state index contributed by atoms with van der Waals surface area (Å²) in [6, 6.07) is 1.71. The number of hydrogen-bond acceptors (Lipinski definition) is 4. The summed E-state index contributed by atoms with van der Waals surface area (Å²) in [5.41, 5.74) is 2.15. The van der Waals surface area contributed by atoms with Crippen molar-refractivity contribution < 1.29 is 9.59 Å². The van der Waals surface area contributed by atoms with E-state index in [1.54, 1.807) is 0 Å². The maximum Gasteiger partial charge on any atom is 0.242 e. The number of H-pyrrole nitrogens is 1. The third kappa shape index (κ3) is 4.35. The Kier molecular flexibility index (Phi) is 5.50. The first-order valence-electron chi connectivity index (χ1n) is 8.93. The predicted octanol–water partition coefficient (Wildman–Crippen LogP) is 0.682. The Bertz CT molecular complexity index is 585. The van der Waals surface area contributed by atoms with E-state index in [0.717, 1.165) is 56.6 Å². The van der Waals surface area contributed by atoms with Gasteiger partial charge in [-0.3, -0.25) is 19.6 Å². The van der Waals surface area contributed by atoms with Crippen LogP contribution in [0.4, 0.5) is 0 Å². The molecule has 3 heterocycles. The predicted molar refractivity (Wildman–Crippen MR) is 90.5 cm³/mol. The van der Waals surface area contributed by atoms with Crippen LogP contribution in [0.3, 0.4) is 0 Å². The third-order valence-electron chi connectivity index (χ3n) is 4.89. The summed E-state index contributed by atoms with van der Waals surface area (Å²) >= 11 is 0. The van der Waals surface area contributed by atoms with E-state index in [2.05, 4.69) is 31.8 Å². The molecular weight excluding hydrogens is 306 g/mol. The minimum Gasteiger partial charge on any atom is -0.354 e. The molecule has 0 spiro atoms.